The van der Waals surface area contributed by atoms with Gasteiger partial charge in [-0.25, -0.2) is 4.39 Å². The summed E-state index contributed by atoms with van der Waals surface area (Å²) < 4.78 is 35.4. The van der Waals surface area contributed by atoms with E-state index in [0.717, 1.165) is 56.5 Å². The minimum atomic E-state index is -1.61. The van der Waals surface area contributed by atoms with Crippen LogP contribution in [0.15, 0.2) is 127 Å². The minimum Gasteiger partial charge on any atom is -0.492 e. The van der Waals surface area contributed by atoms with Crippen LogP contribution in [0.5, 0.6) is 11.5 Å². The average Bonchev–Trinajstić information content (AvgIpc) is 4.21. The van der Waals surface area contributed by atoms with Crippen molar-refractivity contribution in [2.24, 2.45) is 22.9 Å². The number of nitro benzene ring substituents is 2. The molecular formula is C54H60FN5O11. The number of allylic oxidation sites excluding steroid dienone is 1. The quantitative estimate of drug-likeness (QED) is 0.0160. The molecule has 1 saturated heterocycles. The molecule has 8 rings (SSSR count). The molecule has 2 heterocycles. The highest BCUT2D eigenvalue weighted by Crippen LogP contribution is 2.62. The first kappa shape index (κ1) is 50.6. The van der Waals surface area contributed by atoms with Crippen molar-refractivity contribution in [3.8, 4) is 11.5 Å². The number of fused-ring (bicyclic) bond motifs is 2. The van der Waals surface area contributed by atoms with Crippen molar-refractivity contribution in [1.29, 1.82) is 0 Å². The second-order valence-electron chi connectivity index (χ2n) is 18.4. The van der Waals surface area contributed by atoms with Crippen molar-refractivity contribution in [3.63, 3.8) is 0 Å². The number of hydrogen-bond acceptors (Lipinski definition) is 13. The summed E-state index contributed by atoms with van der Waals surface area (Å²) >= 11 is 0. The molecule has 6 unspecified atom stereocenters. The Morgan fingerprint density at radius 3 is 2.25 bits per heavy atom. The second-order valence-corrected chi connectivity index (χ2v) is 18.4. The number of aliphatic hydroxyl groups is 2. The molecule has 374 valence electrons. The van der Waals surface area contributed by atoms with Crippen LogP contribution < -0.4 is 9.47 Å². The third-order valence-corrected chi connectivity index (χ3v) is 13.9. The van der Waals surface area contributed by atoms with Crippen LogP contribution in [0.25, 0.3) is 6.08 Å². The average molecular weight is 974 g/mol. The molecule has 1 saturated carbocycles. The zero-order valence-electron chi connectivity index (χ0n) is 39.6. The van der Waals surface area contributed by atoms with Crippen LogP contribution in [0.4, 0.5) is 15.8 Å². The molecule has 6 atom stereocenters. The summed E-state index contributed by atoms with van der Waals surface area (Å²) in [6.45, 7) is 7.42. The summed E-state index contributed by atoms with van der Waals surface area (Å²) in [5.74, 6) is -2.37. The molecule has 17 heteroatoms. The molecule has 0 radical (unpaired) electrons. The van der Waals surface area contributed by atoms with E-state index < -0.39 is 39.3 Å². The number of halogens is 1. The normalized spacial score (nSPS) is 22.7. The number of nitrogens with zero attached hydrogens (tertiary/aromatic N) is 5. The third kappa shape index (κ3) is 12.0. The lowest BCUT2D eigenvalue weighted by Crippen LogP contribution is -2.70. The third-order valence-electron chi connectivity index (χ3n) is 13.9. The number of ether oxygens (including phenoxy) is 3. The molecule has 2 N–H and O–H groups in total. The first-order chi connectivity index (χ1) is 34.5. The number of rotatable bonds is 25. The second kappa shape index (κ2) is 23.4. The zero-order chi connectivity index (χ0) is 49.9. The van der Waals surface area contributed by atoms with Crippen LogP contribution in [-0.2, 0) is 27.5 Å². The maximum atomic E-state index is 15.2. The van der Waals surface area contributed by atoms with Crippen molar-refractivity contribution < 1.29 is 48.3 Å². The molecule has 4 aromatic rings. The van der Waals surface area contributed by atoms with E-state index in [1.54, 1.807) is 53.5 Å². The molecule has 4 aromatic carbocycles. The maximum absolute atomic E-state index is 15.2. The van der Waals surface area contributed by atoms with E-state index in [1.807, 2.05) is 18.2 Å². The predicted molar refractivity (Wildman–Crippen MR) is 264 cm³/mol. The Bertz CT molecular complexity index is 2600. The van der Waals surface area contributed by atoms with Crippen LogP contribution in [0.1, 0.15) is 73.1 Å². The zero-order valence-corrected chi connectivity index (χ0v) is 39.6. The van der Waals surface area contributed by atoms with E-state index in [0.29, 0.717) is 53.3 Å². The summed E-state index contributed by atoms with van der Waals surface area (Å²) in [7, 11) is 0. The standard InChI is InChI=1S/C54H60FN5O11/c1-2-30-69-54-50(58(35-38-9-16-41(55)17-10-38)51(63)24-15-37-11-18-42(19-12-37)59(64)65)34-48(56-70-36-39-13-20-43(21-14-39)60(66)67)46-32-40(7-3-5-28-61)45(8-4-6-29-62)52(53(46)54)47-33-44(22-23-49(47)71-54)68-31-27-57-25-26-57/h2,9-24,32-33,40,45,50,52-53,61-62H,1,3-8,25-31,34-36H2. The Morgan fingerprint density at radius 2 is 1.59 bits per heavy atom. The van der Waals surface area contributed by atoms with Gasteiger partial charge in [0.05, 0.1) is 28.1 Å². The number of benzene rings is 4. The number of oxime groups is 1. The Kier molecular flexibility index (Phi) is 16.7. The monoisotopic (exact) mass is 973 g/mol. The highest BCUT2D eigenvalue weighted by atomic mass is 19.1. The first-order valence-corrected chi connectivity index (χ1v) is 24.3. The van der Waals surface area contributed by atoms with Crippen molar-refractivity contribution >= 4 is 29.1 Å². The number of carbonyl (C=O) groups excluding carboxylic acids is 1. The lowest BCUT2D eigenvalue weighted by atomic mass is 9.55. The number of unbranched alkanes of at least 4 members (excludes halogenated alkanes) is 2. The van der Waals surface area contributed by atoms with E-state index in [4.69, 9.17) is 24.2 Å². The summed E-state index contributed by atoms with van der Waals surface area (Å²) in [6.07, 6.45) is 11.0. The summed E-state index contributed by atoms with van der Waals surface area (Å²) in [6, 6.07) is 22.6. The number of hydrogen-bond donors (Lipinski definition) is 2. The molecule has 4 aliphatic rings. The van der Waals surface area contributed by atoms with Crippen molar-refractivity contribution in [2.45, 2.75) is 75.8 Å². The van der Waals surface area contributed by atoms with Crippen LogP contribution in [0.3, 0.4) is 0 Å². The van der Waals surface area contributed by atoms with Crippen LogP contribution in [0, 0.1) is 43.8 Å². The van der Waals surface area contributed by atoms with Gasteiger partial charge in [0, 0.05) is 87.6 Å². The van der Waals surface area contributed by atoms with Crippen LogP contribution >= 0.6 is 0 Å². The van der Waals surface area contributed by atoms with Gasteiger partial charge in [0.2, 0.25) is 11.7 Å². The fraction of sp³-hybridized carbons (Fsp3) is 0.407. The lowest BCUT2D eigenvalue weighted by Gasteiger charge is -2.60. The van der Waals surface area contributed by atoms with Gasteiger partial charge >= 0.3 is 0 Å². The van der Waals surface area contributed by atoms with Crippen molar-refractivity contribution in [1.82, 2.24) is 9.80 Å². The molecule has 2 aliphatic carbocycles. The fourth-order valence-corrected chi connectivity index (χ4v) is 10.3. The molecule has 1 amide bonds. The maximum Gasteiger partial charge on any atom is 0.269 e. The molecule has 0 bridgehead atoms. The Balaban J connectivity index is 1.31. The molecule has 2 aliphatic heterocycles. The highest BCUT2D eigenvalue weighted by Gasteiger charge is 2.65. The Labute approximate surface area is 412 Å². The molecule has 0 spiro atoms. The summed E-state index contributed by atoms with van der Waals surface area (Å²) in [5, 5.41) is 47.8. The van der Waals surface area contributed by atoms with E-state index in [-0.39, 0.29) is 68.5 Å². The number of non-ortho nitro benzene ring substituents is 2. The SMILES string of the molecule is C=CCOC12Oc3ccc(OCCN4CC4)cc3C3C(CCCCO)C(CCCCO)C=C(C(=NOCc4ccc([N+](=O)[O-])cc4)CC1N(Cc1ccc(F)cc1)C(=O)C=Cc1ccc([N+](=O)[O-])cc1)C32. The number of carbonyl (C=O) groups is 1. The van der Waals surface area contributed by atoms with Crippen molar-refractivity contribution in [2.75, 3.05) is 46.1 Å². The lowest BCUT2D eigenvalue weighted by molar-refractivity contribution is -0.385. The predicted octanol–water partition coefficient (Wildman–Crippen LogP) is 8.91. The van der Waals surface area contributed by atoms with Gasteiger partial charge in [-0.1, -0.05) is 42.3 Å². The largest absolute Gasteiger partial charge is 0.492 e. The van der Waals surface area contributed by atoms with Gasteiger partial charge < -0.3 is 34.2 Å². The van der Waals surface area contributed by atoms with E-state index >= 15 is 4.79 Å². The fourth-order valence-electron chi connectivity index (χ4n) is 10.3. The number of aliphatic hydroxyl groups excluding tert-OH is 2. The van der Waals surface area contributed by atoms with Gasteiger partial charge in [0.15, 0.2) is 0 Å². The molecule has 0 aromatic heterocycles. The summed E-state index contributed by atoms with van der Waals surface area (Å²) in [4.78, 5) is 47.2. The van der Waals surface area contributed by atoms with E-state index in [9.17, 15) is 34.8 Å². The van der Waals surface area contributed by atoms with Gasteiger partial charge in [0.25, 0.3) is 11.4 Å². The molecular weight excluding hydrogens is 914 g/mol. The molecule has 71 heavy (non-hydrogen) atoms. The van der Waals surface area contributed by atoms with E-state index in [1.165, 1.54) is 42.5 Å². The van der Waals surface area contributed by atoms with Crippen molar-refractivity contribution in [3.05, 3.63) is 170 Å². The Hall–Kier alpha value is -6.79. The molecule has 2 fully saturated rings. The molecule has 16 nitrogen and oxygen atoms in total. The van der Waals surface area contributed by atoms with Gasteiger partial charge in [-0.05, 0) is 120 Å². The smallest absolute Gasteiger partial charge is 0.269 e. The van der Waals surface area contributed by atoms with Gasteiger partial charge in [0.1, 0.15) is 36.6 Å². The topological polar surface area (TPSA) is 199 Å². The summed E-state index contributed by atoms with van der Waals surface area (Å²) in [5.41, 5.74) is 3.86. The van der Waals surface area contributed by atoms with Crippen LogP contribution in [0.2, 0.25) is 0 Å². The minimum absolute atomic E-state index is 0.0231. The van der Waals surface area contributed by atoms with E-state index in [2.05, 4.69) is 17.6 Å². The van der Waals surface area contributed by atoms with Gasteiger partial charge in [-0.15, -0.1) is 6.58 Å². The highest BCUT2D eigenvalue weighted by molar-refractivity contribution is 6.03. The Morgan fingerprint density at radius 1 is 0.915 bits per heavy atom. The number of nitro groups is 2. The first-order valence-electron chi connectivity index (χ1n) is 24.3. The van der Waals surface area contributed by atoms with Gasteiger partial charge in [-0.3, -0.25) is 29.9 Å². The van der Waals surface area contributed by atoms with Crippen LogP contribution in [-0.4, -0.2) is 99.4 Å². The number of amides is 1. The van der Waals surface area contributed by atoms with Gasteiger partial charge in [-0.2, -0.15) is 0 Å².